The summed E-state index contributed by atoms with van der Waals surface area (Å²) >= 11 is 0. The lowest BCUT2D eigenvalue weighted by molar-refractivity contribution is -0.126. The van der Waals surface area contributed by atoms with Gasteiger partial charge in [0.15, 0.2) is 0 Å². The lowest BCUT2D eigenvalue weighted by atomic mass is 9.91. The summed E-state index contributed by atoms with van der Waals surface area (Å²) in [5.41, 5.74) is 2.83. The van der Waals surface area contributed by atoms with Crippen LogP contribution in [-0.4, -0.2) is 76.7 Å². The van der Waals surface area contributed by atoms with Crippen molar-refractivity contribution in [3.63, 3.8) is 0 Å². The van der Waals surface area contributed by atoms with E-state index in [-0.39, 0.29) is 23.1 Å². The summed E-state index contributed by atoms with van der Waals surface area (Å²) in [5.74, 6) is -0.0575. The molecular weight excluding hydrogens is 452 g/mol. The molecule has 0 atom stereocenters. The van der Waals surface area contributed by atoms with Gasteiger partial charge in [-0.25, -0.2) is 4.68 Å². The Balaban J connectivity index is 1.44. The Bertz CT molecular complexity index is 1170. The second-order valence-corrected chi connectivity index (χ2v) is 10.6. The van der Waals surface area contributed by atoms with E-state index in [2.05, 4.69) is 29.0 Å². The fourth-order valence-electron chi connectivity index (χ4n) is 4.86. The number of hydrogen-bond donors (Lipinski definition) is 1. The van der Waals surface area contributed by atoms with Crippen LogP contribution in [0.1, 0.15) is 37.0 Å². The Morgan fingerprint density at radius 3 is 2.44 bits per heavy atom. The molecule has 0 bridgehead atoms. The summed E-state index contributed by atoms with van der Waals surface area (Å²) < 4.78 is 1.74. The molecule has 1 aromatic carbocycles. The zero-order valence-electron chi connectivity index (χ0n) is 21.6. The second kappa shape index (κ2) is 11.0. The maximum absolute atomic E-state index is 13.6. The van der Waals surface area contributed by atoms with Crippen molar-refractivity contribution in [2.45, 2.75) is 26.7 Å². The van der Waals surface area contributed by atoms with Crippen LogP contribution in [0.25, 0.3) is 16.9 Å². The summed E-state index contributed by atoms with van der Waals surface area (Å²) in [5, 5.41) is 7.88. The number of carbonyl (C=O) groups excluding carboxylic acids is 2. The standard InChI is InChI=1S/C28H36N6O2/c1-28(2,20-32(3)4)19-30-26(35)21-12-15-33(16-13-21)27(36)24-18-34(23-10-6-5-7-11-23)31-25(24)22-9-8-14-29-17-22/h5-11,14,17-18,21H,12-13,15-16,19-20H2,1-4H3,(H,30,35). The van der Waals surface area contributed by atoms with Crippen LogP contribution in [0, 0.1) is 11.3 Å². The third-order valence-corrected chi connectivity index (χ3v) is 6.54. The number of pyridine rings is 1. The van der Waals surface area contributed by atoms with Gasteiger partial charge < -0.3 is 15.1 Å². The minimum atomic E-state index is -0.0750. The average Bonchev–Trinajstić information content (AvgIpc) is 3.33. The Morgan fingerprint density at radius 1 is 1.08 bits per heavy atom. The smallest absolute Gasteiger partial charge is 0.257 e. The zero-order chi connectivity index (χ0) is 25.7. The van der Waals surface area contributed by atoms with Crippen molar-refractivity contribution in [1.82, 2.24) is 29.9 Å². The van der Waals surface area contributed by atoms with Crippen LogP contribution in [0.15, 0.2) is 61.1 Å². The van der Waals surface area contributed by atoms with Gasteiger partial charge in [0.05, 0.1) is 11.3 Å². The van der Waals surface area contributed by atoms with Crippen molar-refractivity contribution in [2.24, 2.45) is 11.3 Å². The molecule has 0 aliphatic carbocycles. The van der Waals surface area contributed by atoms with Crippen LogP contribution in [0.3, 0.4) is 0 Å². The predicted octanol–water partition coefficient (Wildman–Crippen LogP) is 3.49. The van der Waals surface area contributed by atoms with Gasteiger partial charge in [0.25, 0.3) is 5.91 Å². The largest absolute Gasteiger partial charge is 0.355 e. The fourth-order valence-corrected chi connectivity index (χ4v) is 4.86. The SMILES string of the molecule is CN(C)CC(C)(C)CNC(=O)C1CCN(C(=O)c2cn(-c3ccccc3)nc2-c2cccnc2)CC1. The van der Waals surface area contributed by atoms with Crippen molar-refractivity contribution in [1.29, 1.82) is 0 Å². The third kappa shape index (κ3) is 6.18. The van der Waals surface area contributed by atoms with E-state index in [9.17, 15) is 9.59 Å². The first-order valence-corrected chi connectivity index (χ1v) is 12.5. The number of carbonyl (C=O) groups is 2. The number of aromatic nitrogens is 3. The fraction of sp³-hybridized carbons (Fsp3) is 0.429. The van der Waals surface area contributed by atoms with Crippen molar-refractivity contribution in [3.8, 4) is 16.9 Å². The summed E-state index contributed by atoms with van der Waals surface area (Å²) in [6.45, 7) is 6.93. The number of nitrogens with zero attached hydrogens (tertiary/aromatic N) is 5. The van der Waals surface area contributed by atoms with Crippen molar-refractivity contribution < 1.29 is 9.59 Å². The Labute approximate surface area is 213 Å². The molecule has 4 rings (SSSR count). The molecule has 2 amide bonds. The lowest BCUT2D eigenvalue weighted by Gasteiger charge is -2.33. The Hall–Kier alpha value is -3.52. The first-order chi connectivity index (χ1) is 17.2. The van der Waals surface area contributed by atoms with Crippen molar-refractivity contribution in [3.05, 3.63) is 66.6 Å². The van der Waals surface area contributed by atoms with Crippen LogP contribution < -0.4 is 5.32 Å². The van der Waals surface area contributed by atoms with E-state index in [1.54, 1.807) is 23.3 Å². The molecule has 8 heteroatoms. The van der Waals surface area contributed by atoms with Gasteiger partial charge >= 0.3 is 0 Å². The van der Waals surface area contributed by atoms with Crippen LogP contribution >= 0.6 is 0 Å². The number of piperidine rings is 1. The molecule has 0 saturated carbocycles. The molecule has 0 spiro atoms. The maximum atomic E-state index is 13.6. The van der Waals surface area contributed by atoms with Gasteiger partial charge in [-0.2, -0.15) is 5.10 Å². The normalized spacial score (nSPS) is 14.8. The molecule has 1 fully saturated rings. The lowest BCUT2D eigenvalue weighted by Crippen LogP contribution is -2.46. The highest BCUT2D eigenvalue weighted by molar-refractivity contribution is 6.00. The Morgan fingerprint density at radius 2 is 1.81 bits per heavy atom. The third-order valence-electron chi connectivity index (χ3n) is 6.54. The van der Waals surface area contributed by atoms with Crippen LogP contribution in [0.2, 0.25) is 0 Å². The van der Waals surface area contributed by atoms with Gasteiger partial charge in [-0.05, 0) is 56.6 Å². The van der Waals surface area contributed by atoms with Gasteiger partial charge in [-0.15, -0.1) is 0 Å². The summed E-state index contributed by atoms with van der Waals surface area (Å²) in [6, 6.07) is 13.5. The minimum absolute atomic E-state index is 0.00255. The highest BCUT2D eigenvalue weighted by atomic mass is 16.2. The van der Waals surface area contributed by atoms with Gasteiger partial charge in [-0.3, -0.25) is 14.6 Å². The number of nitrogens with one attached hydrogen (secondary N) is 1. The van der Waals surface area contributed by atoms with E-state index in [1.807, 2.05) is 61.5 Å². The Kier molecular flexibility index (Phi) is 7.84. The number of hydrogen-bond acceptors (Lipinski definition) is 5. The molecular formula is C28H36N6O2. The molecule has 1 aliphatic heterocycles. The van der Waals surface area contributed by atoms with E-state index in [1.165, 1.54) is 0 Å². The van der Waals surface area contributed by atoms with Gasteiger partial charge in [0.2, 0.25) is 5.91 Å². The van der Waals surface area contributed by atoms with Gasteiger partial charge in [0, 0.05) is 56.3 Å². The minimum Gasteiger partial charge on any atom is -0.355 e. The molecule has 0 unspecified atom stereocenters. The monoisotopic (exact) mass is 488 g/mol. The molecule has 36 heavy (non-hydrogen) atoms. The topological polar surface area (TPSA) is 83.4 Å². The number of likely N-dealkylation sites (tertiary alicyclic amines) is 1. The zero-order valence-corrected chi connectivity index (χ0v) is 21.6. The van der Waals surface area contributed by atoms with E-state index >= 15 is 0 Å². The van der Waals surface area contributed by atoms with E-state index in [4.69, 9.17) is 5.10 Å². The molecule has 3 aromatic rings. The molecule has 3 heterocycles. The quantitative estimate of drug-likeness (QED) is 0.525. The molecule has 8 nitrogen and oxygen atoms in total. The number of para-hydroxylation sites is 1. The van der Waals surface area contributed by atoms with E-state index < -0.39 is 0 Å². The first kappa shape index (κ1) is 25.6. The second-order valence-electron chi connectivity index (χ2n) is 10.6. The van der Waals surface area contributed by atoms with Crippen molar-refractivity contribution >= 4 is 11.8 Å². The highest BCUT2D eigenvalue weighted by Gasteiger charge is 2.31. The predicted molar refractivity (Wildman–Crippen MR) is 141 cm³/mol. The first-order valence-electron chi connectivity index (χ1n) is 12.5. The molecule has 1 N–H and O–H groups in total. The van der Waals surface area contributed by atoms with Gasteiger partial charge in [0.1, 0.15) is 5.69 Å². The van der Waals surface area contributed by atoms with Crippen molar-refractivity contribution in [2.75, 3.05) is 40.3 Å². The molecule has 190 valence electrons. The van der Waals surface area contributed by atoms with E-state index in [0.29, 0.717) is 43.7 Å². The molecule has 0 radical (unpaired) electrons. The number of amides is 2. The summed E-state index contributed by atoms with van der Waals surface area (Å²) in [7, 11) is 4.08. The highest BCUT2D eigenvalue weighted by Crippen LogP contribution is 2.27. The van der Waals surface area contributed by atoms with Crippen LogP contribution in [0.4, 0.5) is 0 Å². The summed E-state index contributed by atoms with van der Waals surface area (Å²) in [6.07, 6.45) is 6.53. The maximum Gasteiger partial charge on any atom is 0.257 e. The molecule has 1 aliphatic rings. The van der Waals surface area contributed by atoms with Gasteiger partial charge in [-0.1, -0.05) is 32.0 Å². The molecule has 2 aromatic heterocycles. The van der Waals surface area contributed by atoms with Crippen LogP contribution in [-0.2, 0) is 4.79 Å². The van der Waals surface area contributed by atoms with E-state index in [0.717, 1.165) is 17.8 Å². The number of rotatable bonds is 8. The summed E-state index contributed by atoms with van der Waals surface area (Å²) in [4.78, 5) is 34.6. The van der Waals surface area contributed by atoms with Crippen LogP contribution in [0.5, 0.6) is 0 Å². The average molecular weight is 489 g/mol. The number of benzene rings is 1. The molecule has 1 saturated heterocycles.